The van der Waals surface area contributed by atoms with Crippen molar-refractivity contribution in [3.8, 4) is 0 Å². The third kappa shape index (κ3) is 2.72. The predicted molar refractivity (Wildman–Crippen MR) is 91.8 cm³/mol. The van der Waals surface area contributed by atoms with Gasteiger partial charge in [-0.2, -0.15) is 0 Å². The third-order valence-electron chi connectivity index (χ3n) is 4.95. The van der Waals surface area contributed by atoms with Crippen molar-refractivity contribution in [1.82, 2.24) is 9.55 Å². The van der Waals surface area contributed by atoms with Crippen LogP contribution in [0.3, 0.4) is 0 Å². The smallest absolute Gasteiger partial charge is 0.256 e. The van der Waals surface area contributed by atoms with E-state index in [1.165, 1.54) is 27.8 Å². The van der Waals surface area contributed by atoms with Gasteiger partial charge in [-0.25, -0.2) is 4.98 Å². The van der Waals surface area contributed by atoms with Crippen molar-refractivity contribution >= 4 is 0 Å². The van der Waals surface area contributed by atoms with E-state index in [4.69, 9.17) is 0 Å². The second-order valence-electron chi connectivity index (χ2n) is 6.21. The lowest BCUT2D eigenvalue weighted by Crippen LogP contribution is -2.29. The summed E-state index contributed by atoms with van der Waals surface area (Å²) in [6.45, 7) is 15.0. The fourth-order valence-electron chi connectivity index (χ4n) is 2.88. The quantitative estimate of drug-likeness (QED) is 0.866. The molecule has 0 aliphatic heterocycles. The van der Waals surface area contributed by atoms with E-state index >= 15 is 0 Å². The summed E-state index contributed by atoms with van der Waals surface area (Å²) in [5.74, 6) is 0.864. The number of aryl methyl sites for hydroxylation is 3. The van der Waals surface area contributed by atoms with Crippen LogP contribution in [0.15, 0.2) is 10.9 Å². The summed E-state index contributed by atoms with van der Waals surface area (Å²) in [5.41, 5.74) is 8.08. The van der Waals surface area contributed by atoms with Crippen LogP contribution < -0.4 is 5.56 Å². The number of rotatable bonds is 3. The van der Waals surface area contributed by atoms with Crippen molar-refractivity contribution in [3.05, 3.63) is 61.3 Å². The van der Waals surface area contributed by atoms with Crippen LogP contribution in [0.5, 0.6) is 0 Å². The van der Waals surface area contributed by atoms with Crippen molar-refractivity contribution in [2.24, 2.45) is 0 Å². The molecule has 0 atom stereocenters. The zero-order chi connectivity index (χ0) is 16.6. The van der Waals surface area contributed by atoms with Crippen LogP contribution in [0.1, 0.15) is 51.8 Å². The second-order valence-corrected chi connectivity index (χ2v) is 6.21. The molecule has 0 fully saturated rings. The summed E-state index contributed by atoms with van der Waals surface area (Å²) < 4.78 is 1.83. The normalized spacial score (nSPS) is 11.0. The molecule has 1 heterocycles. The Morgan fingerprint density at radius 2 is 1.59 bits per heavy atom. The molecule has 118 valence electrons. The van der Waals surface area contributed by atoms with Gasteiger partial charge in [-0.15, -0.1) is 0 Å². The predicted octanol–water partition coefficient (Wildman–Crippen LogP) is 3.70. The molecule has 0 amide bonds. The molecule has 22 heavy (non-hydrogen) atoms. The summed E-state index contributed by atoms with van der Waals surface area (Å²) in [6, 6.07) is 2.21. The Kier molecular flexibility index (Phi) is 4.55. The van der Waals surface area contributed by atoms with Crippen molar-refractivity contribution in [3.63, 3.8) is 0 Å². The Balaban J connectivity index is 2.62. The molecule has 0 radical (unpaired) electrons. The van der Waals surface area contributed by atoms with Gasteiger partial charge in [0.1, 0.15) is 5.82 Å². The molecular weight excluding hydrogens is 272 g/mol. The van der Waals surface area contributed by atoms with E-state index < -0.39 is 0 Å². The first-order chi connectivity index (χ1) is 10.3. The molecule has 0 saturated carbocycles. The average Bonchev–Trinajstić information content (AvgIpc) is 2.50. The molecule has 0 spiro atoms. The molecule has 3 nitrogen and oxygen atoms in total. The van der Waals surface area contributed by atoms with E-state index in [-0.39, 0.29) is 5.56 Å². The number of nitrogens with zero attached hydrogens (tertiary/aromatic N) is 2. The van der Waals surface area contributed by atoms with Crippen LogP contribution in [0, 0.1) is 41.5 Å². The van der Waals surface area contributed by atoms with Crippen LogP contribution in [0.2, 0.25) is 0 Å². The lowest BCUT2D eigenvalue weighted by molar-refractivity contribution is 0.659. The number of benzene rings is 1. The molecule has 0 unspecified atom stereocenters. The minimum absolute atomic E-state index is 0.0830. The van der Waals surface area contributed by atoms with E-state index in [0.717, 1.165) is 23.5 Å². The van der Waals surface area contributed by atoms with Crippen molar-refractivity contribution in [2.45, 2.75) is 61.4 Å². The van der Waals surface area contributed by atoms with Gasteiger partial charge in [-0.05, 0) is 69.4 Å². The molecule has 2 aromatic rings. The summed E-state index contributed by atoms with van der Waals surface area (Å²) in [7, 11) is 0. The molecular formula is C19H26N2O. The van der Waals surface area contributed by atoms with Gasteiger partial charge >= 0.3 is 0 Å². The van der Waals surface area contributed by atoms with Gasteiger partial charge in [-0.1, -0.05) is 13.0 Å². The maximum Gasteiger partial charge on any atom is 0.256 e. The Morgan fingerprint density at radius 1 is 0.955 bits per heavy atom. The summed E-state index contributed by atoms with van der Waals surface area (Å²) >= 11 is 0. The molecule has 1 aromatic carbocycles. The Labute approximate surface area is 133 Å². The van der Waals surface area contributed by atoms with E-state index in [0.29, 0.717) is 6.54 Å². The average molecular weight is 298 g/mol. The second kappa shape index (κ2) is 6.07. The molecule has 3 heteroatoms. The molecule has 0 saturated heterocycles. The highest BCUT2D eigenvalue weighted by atomic mass is 16.1. The zero-order valence-corrected chi connectivity index (χ0v) is 14.8. The lowest BCUT2D eigenvalue weighted by atomic mass is 9.94. The molecule has 0 N–H and O–H groups in total. The van der Waals surface area contributed by atoms with Gasteiger partial charge in [0.15, 0.2) is 0 Å². The lowest BCUT2D eigenvalue weighted by Gasteiger charge is -2.18. The summed E-state index contributed by atoms with van der Waals surface area (Å²) in [5, 5.41) is 0. The largest absolute Gasteiger partial charge is 0.292 e. The standard InChI is InChI=1S/C19H26N2O/c1-8-18-20-16(7)15(6)19(22)21(18)10-17-9-11(2)12(3)13(4)14(17)5/h9H,8,10H2,1-7H3. The highest BCUT2D eigenvalue weighted by Gasteiger charge is 2.13. The number of hydrogen-bond donors (Lipinski definition) is 0. The summed E-state index contributed by atoms with van der Waals surface area (Å²) in [4.78, 5) is 17.2. The monoisotopic (exact) mass is 298 g/mol. The van der Waals surface area contributed by atoms with Crippen LogP contribution in [-0.2, 0) is 13.0 Å². The third-order valence-corrected chi connectivity index (χ3v) is 4.95. The first-order valence-corrected chi connectivity index (χ1v) is 7.91. The van der Waals surface area contributed by atoms with Gasteiger partial charge < -0.3 is 0 Å². The summed E-state index contributed by atoms with van der Waals surface area (Å²) in [6.07, 6.45) is 0.763. The van der Waals surface area contributed by atoms with Crippen LogP contribution >= 0.6 is 0 Å². The topological polar surface area (TPSA) is 34.9 Å². The molecule has 0 aliphatic carbocycles. The zero-order valence-electron chi connectivity index (χ0n) is 14.8. The fraction of sp³-hybridized carbons (Fsp3) is 0.474. The molecule has 0 bridgehead atoms. The van der Waals surface area contributed by atoms with Crippen LogP contribution in [-0.4, -0.2) is 9.55 Å². The maximum atomic E-state index is 12.6. The first kappa shape index (κ1) is 16.5. The highest BCUT2D eigenvalue weighted by Crippen LogP contribution is 2.22. The molecule has 1 aromatic heterocycles. The highest BCUT2D eigenvalue weighted by molar-refractivity contribution is 5.43. The van der Waals surface area contributed by atoms with E-state index in [1.54, 1.807) is 0 Å². The van der Waals surface area contributed by atoms with Crippen LogP contribution in [0.4, 0.5) is 0 Å². The molecule has 0 aliphatic rings. The Bertz CT molecular complexity index is 785. The maximum absolute atomic E-state index is 12.6. The van der Waals surface area contributed by atoms with Crippen molar-refractivity contribution < 1.29 is 0 Å². The van der Waals surface area contributed by atoms with Gasteiger partial charge in [0, 0.05) is 17.7 Å². The Hall–Kier alpha value is -1.90. The fourth-order valence-corrected chi connectivity index (χ4v) is 2.88. The Morgan fingerprint density at radius 3 is 2.18 bits per heavy atom. The number of aromatic nitrogens is 2. The minimum Gasteiger partial charge on any atom is -0.292 e. The molecule has 2 rings (SSSR count). The SMILES string of the molecule is CCc1nc(C)c(C)c(=O)n1Cc1cc(C)c(C)c(C)c1C. The number of hydrogen-bond acceptors (Lipinski definition) is 2. The van der Waals surface area contributed by atoms with Gasteiger partial charge in [0.2, 0.25) is 0 Å². The van der Waals surface area contributed by atoms with E-state index in [1.807, 2.05) is 25.3 Å². The van der Waals surface area contributed by atoms with Crippen molar-refractivity contribution in [1.29, 1.82) is 0 Å². The van der Waals surface area contributed by atoms with Gasteiger partial charge in [0.25, 0.3) is 5.56 Å². The first-order valence-electron chi connectivity index (χ1n) is 7.91. The van der Waals surface area contributed by atoms with E-state index in [2.05, 4.69) is 38.7 Å². The van der Waals surface area contributed by atoms with Gasteiger partial charge in [0.05, 0.1) is 6.54 Å². The van der Waals surface area contributed by atoms with Gasteiger partial charge in [-0.3, -0.25) is 9.36 Å². The van der Waals surface area contributed by atoms with Crippen molar-refractivity contribution in [2.75, 3.05) is 0 Å². The van der Waals surface area contributed by atoms with E-state index in [9.17, 15) is 4.79 Å². The van der Waals surface area contributed by atoms with Crippen LogP contribution in [0.25, 0.3) is 0 Å². The minimum atomic E-state index is 0.0830.